The first kappa shape index (κ1) is 20.7. The number of ether oxygens (including phenoxy) is 2. The van der Waals surface area contributed by atoms with Crippen molar-refractivity contribution in [2.75, 3.05) is 24.3 Å². The van der Waals surface area contributed by atoms with Gasteiger partial charge in [-0.1, -0.05) is 11.8 Å². The van der Waals surface area contributed by atoms with Crippen LogP contribution in [0.15, 0.2) is 47.9 Å². The number of hydrogen-bond acceptors (Lipinski definition) is 8. The first-order valence-corrected chi connectivity index (χ1v) is 10.6. The fraction of sp³-hybridized carbons (Fsp3) is 0.250. The van der Waals surface area contributed by atoms with Crippen LogP contribution >= 0.6 is 11.8 Å². The molecule has 0 saturated carbocycles. The van der Waals surface area contributed by atoms with Crippen LogP contribution in [0.2, 0.25) is 0 Å². The molecule has 0 spiro atoms. The lowest BCUT2D eigenvalue weighted by Gasteiger charge is -2.19. The number of thioether (sulfide) groups is 1. The predicted octanol–water partition coefficient (Wildman–Crippen LogP) is 2.57. The van der Waals surface area contributed by atoms with Crippen molar-refractivity contribution >= 4 is 29.4 Å². The van der Waals surface area contributed by atoms with E-state index in [4.69, 9.17) is 9.47 Å². The third-order valence-electron chi connectivity index (χ3n) is 4.36. The number of aromatic nitrogens is 4. The van der Waals surface area contributed by atoms with Gasteiger partial charge in [-0.05, 0) is 31.2 Å². The van der Waals surface area contributed by atoms with Gasteiger partial charge >= 0.3 is 6.03 Å². The van der Waals surface area contributed by atoms with E-state index in [1.54, 1.807) is 30.6 Å². The summed E-state index contributed by atoms with van der Waals surface area (Å²) < 4.78 is 12.8. The molecule has 0 bridgehead atoms. The Morgan fingerprint density at radius 1 is 1.10 bits per heavy atom. The summed E-state index contributed by atoms with van der Waals surface area (Å²) in [5, 5.41) is 13.9. The summed E-state index contributed by atoms with van der Waals surface area (Å²) in [6.07, 6.45) is 3.37. The normalized spacial score (nSPS) is 12.3. The van der Waals surface area contributed by atoms with Gasteiger partial charge in [0.05, 0.1) is 5.75 Å². The highest BCUT2D eigenvalue weighted by molar-refractivity contribution is 7.99. The van der Waals surface area contributed by atoms with Gasteiger partial charge in [0, 0.05) is 36.3 Å². The summed E-state index contributed by atoms with van der Waals surface area (Å²) in [6, 6.07) is 8.10. The molecule has 4 rings (SSSR count). The van der Waals surface area contributed by atoms with Crippen molar-refractivity contribution in [3.05, 3.63) is 42.7 Å². The zero-order valence-corrected chi connectivity index (χ0v) is 17.5. The molecule has 31 heavy (non-hydrogen) atoms. The van der Waals surface area contributed by atoms with E-state index in [2.05, 4.69) is 25.8 Å². The van der Waals surface area contributed by atoms with Gasteiger partial charge in [-0.25, -0.2) is 4.79 Å². The molecule has 2 N–H and O–H groups in total. The van der Waals surface area contributed by atoms with Crippen molar-refractivity contribution in [2.45, 2.75) is 18.6 Å². The van der Waals surface area contributed by atoms with Gasteiger partial charge in [-0.2, -0.15) is 0 Å². The lowest BCUT2D eigenvalue weighted by atomic mass is 10.2. The topological polar surface area (TPSA) is 120 Å². The summed E-state index contributed by atoms with van der Waals surface area (Å²) in [5.74, 6) is 1.44. The van der Waals surface area contributed by atoms with Crippen LogP contribution in [0.25, 0.3) is 11.4 Å². The zero-order valence-electron chi connectivity index (χ0n) is 16.7. The van der Waals surface area contributed by atoms with Crippen LogP contribution in [0.3, 0.4) is 0 Å². The summed E-state index contributed by atoms with van der Waals surface area (Å²) in [7, 11) is 0. The molecular weight excluding hydrogens is 420 g/mol. The number of carbonyl (C=O) groups is 2. The van der Waals surface area contributed by atoms with Crippen LogP contribution in [-0.4, -0.2) is 50.7 Å². The van der Waals surface area contributed by atoms with Crippen LogP contribution in [0.5, 0.6) is 11.5 Å². The highest BCUT2D eigenvalue weighted by Gasteiger charge is 2.16. The van der Waals surface area contributed by atoms with Crippen molar-refractivity contribution in [1.82, 2.24) is 25.1 Å². The summed E-state index contributed by atoms with van der Waals surface area (Å²) in [6.45, 7) is 3.55. The van der Waals surface area contributed by atoms with E-state index in [0.717, 1.165) is 5.56 Å². The number of pyridine rings is 1. The third kappa shape index (κ3) is 4.94. The van der Waals surface area contributed by atoms with Crippen molar-refractivity contribution in [1.29, 1.82) is 0 Å². The zero-order chi connectivity index (χ0) is 21.6. The van der Waals surface area contributed by atoms with Gasteiger partial charge in [-0.15, -0.1) is 10.2 Å². The molecule has 3 heterocycles. The van der Waals surface area contributed by atoms with Crippen LogP contribution in [0.1, 0.15) is 6.92 Å². The molecule has 3 aromatic rings. The number of carbonyl (C=O) groups excluding carboxylic acids is 2. The van der Waals surface area contributed by atoms with E-state index in [1.807, 2.05) is 23.6 Å². The number of nitrogens with zero attached hydrogens (tertiary/aromatic N) is 4. The van der Waals surface area contributed by atoms with E-state index >= 15 is 0 Å². The Labute approximate surface area is 182 Å². The summed E-state index contributed by atoms with van der Waals surface area (Å²) in [4.78, 5) is 28.4. The number of amides is 3. The molecule has 0 saturated heterocycles. The van der Waals surface area contributed by atoms with Crippen LogP contribution < -0.4 is 20.1 Å². The Kier molecular flexibility index (Phi) is 6.32. The maximum atomic E-state index is 12.2. The molecule has 0 unspecified atom stereocenters. The van der Waals surface area contributed by atoms with Crippen molar-refractivity contribution < 1.29 is 19.1 Å². The minimum Gasteiger partial charge on any atom is -0.486 e. The Bertz CT molecular complexity index is 1090. The Morgan fingerprint density at radius 2 is 1.87 bits per heavy atom. The SMILES string of the molecule is CCn1c(SCC(=O)NC(=O)Nc2ccc3c(c2)OCCO3)nnc1-c1ccncc1. The van der Waals surface area contributed by atoms with Crippen molar-refractivity contribution in [3.63, 3.8) is 0 Å². The van der Waals surface area contributed by atoms with Crippen molar-refractivity contribution in [2.24, 2.45) is 0 Å². The van der Waals surface area contributed by atoms with Crippen LogP contribution in [0, 0.1) is 0 Å². The second-order valence-corrected chi connectivity index (χ2v) is 7.38. The number of fused-ring (bicyclic) bond motifs is 1. The Morgan fingerprint density at radius 3 is 2.65 bits per heavy atom. The second kappa shape index (κ2) is 9.47. The number of nitrogens with one attached hydrogen (secondary N) is 2. The molecule has 1 aliphatic heterocycles. The van der Waals surface area contributed by atoms with E-state index in [9.17, 15) is 9.59 Å². The van der Waals surface area contributed by atoms with Gasteiger partial charge < -0.3 is 19.4 Å². The highest BCUT2D eigenvalue weighted by atomic mass is 32.2. The molecule has 10 nitrogen and oxygen atoms in total. The second-order valence-electron chi connectivity index (χ2n) is 6.44. The molecule has 1 aromatic carbocycles. The maximum absolute atomic E-state index is 12.2. The number of urea groups is 1. The summed E-state index contributed by atoms with van der Waals surface area (Å²) >= 11 is 1.21. The smallest absolute Gasteiger partial charge is 0.325 e. The van der Waals surface area contributed by atoms with Gasteiger partial charge in [0.2, 0.25) is 5.91 Å². The number of anilines is 1. The molecule has 2 aromatic heterocycles. The number of benzene rings is 1. The minimum absolute atomic E-state index is 0.0169. The lowest BCUT2D eigenvalue weighted by molar-refractivity contribution is -0.117. The van der Waals surface area contributed by atoms with Crippen LogP contribution in [-0.2, 0) is 11.3 Å². The lowest BCUT2D eigenvalue weighted by Crippen LogP contribution is -2.35. The molecule has 11 heteroatoms. The Balaban J connectivity index is 1.32. The monoisotopic (exact) mass is 440 g/mol. The molecule has 160 valence electrons. The molecule has 3 amide bonds. The number of rotatable bonds is 6. The average molecular weight is 440 g/mol. The molecule has 0 radical (unpaired) electrons. The molecule has 0 aliphatic carbocycles. The number of imide groups is 1. The molecule has 0 atom stereocenters. The molecule has 0 fully saturated rings. The van der Waals surface area contributed by atoms with Gasteiger partial charge in [0.15, 0.2) is 22.5 Å². The first-order valence-electron chi connectivity index (χ1n) is 9.61. The summed E-state index contributed by atoms with van der Waals surface area (Å²) in [5.41, 5.74) is 1.38. The van der Waals surface area contributed by atoms with E-state index in [1.165, 1.54) is 11.8 Å². The molecule has 1 aliphatic rings. The van der Waals surface area contributed by atoms with Crippen molar-refractivity contribution in [3.8, 4) is 22.9 Å². The minimum atomic E-state index is -0.628. The average Bonchev–Trinajstić information content (AvgIpc) is 3.21. The quantitative estimate of drug-likeness (QED) is 0.561. The highest BCUT2D eigenvalue weighted by Crippen LogP contribution is 2.32. The third-order valence-corrected chi connectivity index (χ3v) is 5.32. The maximum Gasteiger partial charge on any atom is 0.325 e. The van der Waals surface area contributed by atoms with E-state index < -0.39 is 11.9 Å². The van der Waals surface area contributed by atoms with E-state index in [-0.39, 0.29) is 5.75 Å². The van der Waals surface area contributed by atoms with Gasteiger partial charge in [0.1, 0.15) is 13.2 Å². The molecular formula is C20H20N6O4S. The Hall–Kier alpha value is -3.60. The van der Waals surface area contributed by atoms with Gasteiger partial charge in [-0.3, -0.25) is 15.1 Å². The fourth-order valence-electron chi connectivity index (χ4n) is 2.97. The van der Waals surface area contributed by atoms with Gasteiger partial charge in [0.25, 0.3) is 0 Å². The van der Waals surface area contributed by atoms with Crippen LogP contribution in [0.4, 0.5) is 10.5 Å². The first-order chi connectivity index (χ1) is 15.1. The number of hydrogen-bond donors (Lipinski definition) is 2. The largest absolute Gasteiger partial charge is 0.486 e. The predicted molar refractivity (Wildman–Crippen MR) is 114 cm³/mol. The standard InChI is InChI=1S/C20H20N6O4S/c1-2-26-18(13-5-7-21-8-6-13)24-25-20(26)31-12-17(27)23-19(28)22-14-3-4-15-16(11-14)30-10-9-29-15/h3-8,11H,2,9-10,12H2,1H3,(H2,22,23,27,28). The fourth-order valence-corrected chi connectivity index (χ4v) is 3.77. The van der Waals surface area contributed by atoms with E-state index in [0.29, 0.717) is 47.9 Å².